The number of carbonyl (C=O) groups is 1. The summed E-state index contributed by atoms with van der Waals surface area (Å²) in [4.78, 5) is 13.4. The van der Waals surface area contributed by atoms with Gasteiger partial charge in [-0.05, 0) is 31.0 Å². The Balaban J connectivity index is 2.17. The maximum absolute atomic E-state index is 11.2. The third-order valence-electron chi connectivity index (χ3n) is 3.32. The van der Waals surface area contributed by atoms with Crippen molar-refractivity contribution in [1.82, 2.24) is 4.90 Å². The highest BCUT2D eigenvalue weighted by Crippen LogP contribution is 2.28. The molecule has 0 aromatic heterocycles. The minimum atomic E-state index is 0.227. The van der Waals surface area contributed by atoms with Crippen molar-refractivity contribution in [3.63, 3.8) is 0 Å². The fraction of sp³-hybridized carbons (Fsp3) is 0.357. The summed E-state index contributed by atoms with van der Waals surface area (Å²) in [6, 6.07) is 8.09. The molecule has 1 aliphatic carbocycles. The molecule has 0 spiro atoms. The molecule has 2 nitrogen and oxygen atoms in total. The number of hydrogen-bond acceptors (Lipinski definition) is 2. The number of nitrogens with zero attached hydrogens (tertiary/aromatic N) is 1. The van der Waals surface area contributed by atoms with Gasteiger partial charge in [0, 0.05) is 30.3 Å². The fourth-order valence-electron chi connectivity index (χ4n) is 2.10. The van der Waals surface area contributed by atoms with Crippen molar-refractivity contribution in [2.75, 3.05) is 7.05 Å². The van der Waals surface area contributed by atoms with E-state index in [4.69, 9.17) is 11.6 Å². The highest BCUT2D eigenvalue weighted by molar-refractivity contribution is 6.30. The number of ketones is 1. The van der Waals surface area contributed by atoms with Gasteiger partial charge in [-0.1, -0.05) is 23.7 Å². The second-order valence-electron chi connectivity index (χ2n) is 4.44. The Hall–Kier alpha value is -1.28. The molecule has 1 aromatic rings. The lowest BCUT2D eigenvalue weighted by molar-refractivity contribution is -0.114. The van der Waals surface area contributed by atoms with Crippen LogP contribution in [0.4, 0.5) is 0 Å². The van der Waals surface area contributed by atoms with E-state index in [9.17, 15) is 4.79 Å². The molecular weight excluding hydrogens is 234 g/mol. The lowest BCUT2D eigenvalue weighted by Crippen LogP contribution is -2.20. The zero-order chi connectivity index (χ0) is 12.4. The molecule has 0 radical (unpaired) electrons. The second kappa shape index (κ2) is 4.92. The van der Waals surface area contributed by atoms with Crippen LogP contribution in [0.3, 0.4) is 0 Å². The third-order valence-corrected chi connectivity index (χ3v) is 3.56. The minimum Gasteiger partial charge on any atom is -0.371 e. The van der Waals surface area contributed by atoms with E-state index < -0.39 is 0 Å². The van der Waals surface area contributed by atoms with Gasteiger partial charge < -0.3 is 4.90 Å². The largest absolute Gasteiger partial charge is 0.371 e. The van der Waals surface area contributed by atoms with E-state index in [1.54, 1.807) is 6.08 Å². The summed E-state index contributed by atoms with van der Waals surface area (Å²) in [6.45, 7) is 2.12. The molecule has 1 atom stereocenters. The average molecular weight is 250 g/mol. The van der Waals surface area contributed by atoms with Gasteiger partial charge in [0.25, 0.3) is 0 Å². The van der Waals surface area contributed by atoms with Crippen molar-refractivity contribution in [2.24, 2.45) is 0 Å². The van der Waals surface area contributed by atoms with Gasteiger partial charge in [-0.25, -0.2) is 0 Å². The van der Waals surface area contributed by atoms with Gasteiger partial charge in [0.05, 0.1) is 6.04 Å². The smallest absolute Gasteiger partial charge is 0.157 e. The van der Waals surface area contributed by atoms with Gasteiger partial charge in [0.1, 0.15) is 0 Å². The predicted octanol–water partition coefficient (Wildman–Crippen LogP) is 3.58. The summed E-state index contributed by atoms with van der Waals surface area (Å²) in [5.41, 5.74) is 2.28. The van der Waals surface area contributed by atoms with E-state index >= 15 is 0 Å². The van der Waals surface area contributed by atoms with E-state index in [0.29, 0.717) is 6.42 Å². The number of benzene rings is 1. The Morgan fingerprint density at radius 3 is 2.71 bits per heavy atom. The molecule has 0 saturated heterocycles. The van der Waals surface area contributed by atoms with Gasteiger partial charge in [-0.15, -0.1) is 0 Å². The zero-order valence-electron chi connectivity index (χ0n) is 10.1. The molecular formula is C14H16ClNO. The Bertz CT molecular complexity index is 467. The van der Waals surface area contributed by atoms with Crippen LogP contribution in [0.5, 0.6) is 0 Å². The van der Waals surface area contributed by atoms with Crippen LogP contribution in [0.2, 0.25) is 5.02 Å². The lowest BCUT2D eigenvalue weighted by atomic mass is 10.1. The molecule has 2 rings (SSSR count). The van der Waals surface area contributed by atoms with Gasteiger partial charge in [-0.3, -0.25) is 4.79 Å². The van der Waals surface area contributed by atoms with Gasteiger partial charge in [-0.2, -0.15) is 0 Å². The van der Waals surface area contributed by atoms with Crippen LogP contribution >= 0.6 is 11.6 Å². The van der Waals surface area contributed by atoms with Gasteiger partial charge >= 0.3 is 0 Å². The maximum Gasteiger partial charge on any atom is 0.157 e. The van der Waals surface area contributed by atoms with E-state index in [1.807, 2.05) is 25.2 Å². The standard InChI is InChI=1S/C14H16ClNO/c1-10(11-4-3-5-12(15)8-11)16(2)13-6-7-14(17)9-13/h3-5,8-10H,6-7H2,1-2H3. The van der Waals surface area contributed by atoms with Crippen molar-refractivity contribution in [3.8, 4) is 0 Å². The van der Waals surface area contributed by atoms with Crippen LogP contribution in [0.1, 0.15) is 31.4 Å². The molecule has 0 bridgehead atoms. The van der Waals surface area contributed by atoms with Crippen LogP contribution < -0.4 is 0 Å². The number of rotatable bonds is 3. The van der Waals surface area contributed by atoms with Crippen molar-refractivity contribution < 1.29 is 4.79 Å². The Morgan fingerprint density at radius 1 is 1.35 bits per heavy atom. The summed E-state index contributed by atoms with van der Waals surface area (Å²) in [5.74, 6) is 0.227. The Labute approximate surface area is 107 Å². The lowest BCUT2D eigenvalue weighted by Gasteiger charge is -2.28. The van der Waals surface area contributed by atoms with Gasteiger partial charge in [0.2, 0.25) is 0 Å². The normalized spacial score (nSPS) is 16.9. The highest BCUT2D eigenvalue weighted by Gasteiger charge is 2.20. The van der Waals surface area contributed by atoms with Crippen LogP contribution in [-0.4, -0.2) is 17.7 Å². The first-order chi connectivity index (χ1) is 8.08. The quantitative estimate of drug-likeness (QED) is 0.816. The molecule has 17 heavy (non-hydrogen) atoms. The van der Waals surface area contributed by atoms with E-state index in [2.05, 4.69) is 17.9 Å². The van der Waals surface area contributed by atoms with Crippen molar-refractivity contribution in [1.29, 1.82) is 0 Å². The molecule has 0 saturated carbocycles. The summed E-state index contributed by atoms with van der Waals surface area (Å²) in [7, 11) is 2.02. The Morgan fingerprint density at radius 2 is 2.12 bits per heavy atom. The van der Waals surface area contributed by atoms with Crippen molar-refractivity contribution in [3.05, 3.63) is 46.6 Å². The molecule has 3 heteroatoms. The zero-order valence-corrected chi connectivity index (χ0v) is 10.9. The molecule has 0 aliphatic heterocycles. The molecule has 1 aromatic carbocycles. The fourth-order valence-corrected chi connectivity index (χ4v) is 2.30. The van der Waals surface area contributed by atoms with Crippen LogP contribution in [-0.2, 0) is 4.79 Å². The van der Waals surface area contributed by atoms with E-state index in [0.717, 1.165) is 17.1 Å². The van der Waals surface area contributed by atoms with E-state index in [-0.39, 0.29) is 11.8 Å². The first-order valence-electron chi connectivity index (χ1n) is 5.79. The average Bonchev–Trinajstić information content (AvgIpc) is 2.74. The van der Waals surface area contributed by atoms with Gasteiger partial charge in [0.15, 0.2) is 5.78 Å². The molecule has 0 fully saturated rings. The molecule has 1 aliphatic rings. The Kier molecular flexibility index (Phi) is 3.53. The molecule has 90 valence electrons. The SMILES string of the molecule is CC(c1cccc(Cl)c1)N(C)C1=CC(=O)CC1. The number of carbonyl (C=O) groups excluding carboxylic acids is 1. The molecule has 1 unspecified atom stereocenters. The molecule has 0 amide bonds. The second-order valence-corrected chi connectivity index (χ2v) is 4.88. The maximum atomic E-state index is 11.2. The molecule has 0 N–H and O–H groups in total. The third kappa shape index (κ3) is 2.70. The predicted molar refractivity (Wildman–Crippen MR) is 70.0 cm³/mol. The minimum absolute atomic E-state index is 0.227. The van der Waals surface area contributed by atoms with Crippen molar-refractivity contribution in [2.45, 2.75) is 25.8 Å². The van der Waals surface area contributed by atoms with E-state index in [1.165, 1.54) is 5.56 Å². The van der Waals surface area contributed by atoms with Crippen LogP contribution in [0.15, 0.2) is 36.0 Å². The number of allylic oxidation sites excluding steroid dienone is 2. The monoisotopic (exact) mass is 249 g/mol. The number of halogens is 1. The first kappa shape index (κ1) is 12.2. The summed E-state index contributed by atoms with van der Waals surface area (Å²) >= 11 is 5.99. The number of hydrogen-bond donors (Lipinski definition) is 0. The van der Waals surface area contributed by atoms with Crippen molar-refractivity contribution >= 4 is 17.4 Å². The van der Waals surface area contributed by atoms with Crippen LogP contribution in [0, 0.1) is 0 Å². The highest BCUT2D eigenvalue weighted by atomic mass is 35.5. The molecule has 0 heterocycles. The summed E-state index contributed by atoms with van der Waals surface area (Å²) < 4.78 is 0. The summed E-state index contributed by atoms with van der Waals surface area (Å²) in [5, 5.41) is 0.749. The summed E-state index contributed by atoms with van der Waals surface area (Å²) in [6.07, 6.45) is 3.24. The van der Waals surface area contributed by atoms with Crippen LogP contribution in [0.25, 0.3) is 0 Å². The first-order valence-corrected chi connectivity index (χ1v) is 6.17. The topological polar surface area (TPSA) is 20.3 Å².